The molecule has 0 aliphatic carbocycles. The van der Waals surface area contributed by atoms with Gasteiger partial charge in [-0.05, 0) is 26.1 Å². The maximum Gasteiger partial charge on any atom is 0.191 e. The largest absolute Gasteiger partial charge is 0.385 e. The first-order chi connectivity index (χ1) is 12.2. The quantitative estimate of drug-likeness (QED) is 0.209. The summed E-state index contributed by atoms with van der Waals surface area (Å²) < 4.78 is 5.08. The first-order valence-electron chi connectivity index (χ1n) is 9.00. The molecule has 0 fully saturated rings. The van der Waals surface area contributed by atoms with Crippen molar-refractivity contribution in [3.63, 3.8) is 0 Å². The van der Waals surface area contributed by atoms with Crippen LogP contribution < -0.4 is 10.6 Å². The highest BCUT2D eigenvalue weighted by Gasteiger charge is 2.02. The third-order valence-electron chi connectivity index (χ3n) is 3.98. The van der Waals surface area contributed by atoms with E-state index < -0.39 is 0 Å². The minimum atomic E-state index is 0. The van der Waals surface area contributed by atoms with Gasteiger partial charge in [-0.25, -0.2) is 0 Å². The predicted octanol–water partition coefficient (Wildman–Crippen LogP) is 1.87. The number of aliphatic imine (C=N–C) groups is 1. The third kappa shape index (κ3) is 12.5. The Bertz CT molecular complexity index is 472. The molecule has 0 saturated heterocycles. The molecule has 0 spiro atoms. The van der Waals surface area contributed by atoms with Crippen LogP contribution in [0.4, 0.5) is 0 Å². The summed E-state index contributed by atoms with van der Waals surface area (Å²) >= 11 is 0. The Hall–Kier alpha value is -0.900. The van der Waals surface area contributed by atoms with Crippen LogP contribution in [0.5, 0.6) is 0 Å². The van der Waals surface area contributed by atoms with E-state index in [1.165, 1.54) is 5.56 Å². The molecule has 0 unspecified atom stereocenters. The smallest absolute Gasteiger partial charge is 0.191 e. The van der Waals surface area contributed by atoms with Crippen LogP contribution in [0, 0.1) is 0 Å². The molecule has 0 aliphatic rings. The molecule has 0 atom stereocenters. The van der Waals surface area contributed by atoms with Crippen molar-refractivity contribution >= 4 is 29.9 Å². The number of hydrogen-bond acceptors (Lipinski definition) is 4. The predicted molar refractivity (Wildman–Crippen MR) is 122 cm³/mol. The van der Waals surface area contributed by atoms with Gasteiger partial charge in [-0.3, -0.25) is 4.99 Å². The summed E-state index contributed by atoms with van der Waals surface area (Å²) in [5, 5.41) is 6.73. The number of nitrogens with one attached hydrogen (secondary N) is 2. The average Bonchev–Trinajstić information content (AvgIpc) is 2.61. The zero-order chi connectivity index (χ0) is 18.3. The average molecular weight is 477 g/mol. The molecule has 6 nitrogen and oxygen atoms in total. The highest BCUT2D eigenvalue weighted by Crippen LogP contribution is 2.01. The van der Waals surface area contributed by atoms with E-state index in [4.69, 9.17) is 4.74 Å². The summed E-state index contributed by atoms with van der Waals surface area (Å²) in [6, 6.07) is 10.5. The molecule has 0 aliphatic heterocycles. The Labute approximate surface area is 176 Å². The van der Waals surface area contributed by atoms with E-state index in [0.717, 1.165) is 58.3 Å². The van der Waals surface area contributed by atoms with Gasteiger partial charge in [0.05, 0.1) is 0 Å². The van der Waals surface area contributed by atoms with Gasteiger partial charge in [-0.2, -0.15) is 0 Å². The van der Waals surface area contributed by atoms with Crippen LogP contribution in [0.25, 0.3) is 0 Å². The minimum absolute atomic E-state index is 0. The first kappa shape index (κ1) is 25.1. The van der Waals surface area contributed by atoms with Crippen LogP contribution in [0.15, 0.2) is 35.3 Å². The van der Waals surface area contributed by atoms with Gasteiger partial charge in [0.1, 0.15) is 0 Å². The van der Waals surface area contributed by atoms with Gasteiger partial charge in [0.15, 0.2) is 5.96 Å². The second kappa shape index (κ2) is 16.3. The van der Waals surface area contributed by atoms with Crippen molar-refractivity contribution in [1.29, 1.82) is 0 Å². The molecule has 2 N–H and O–H groups in total. The van der Waals surface area contributed by atoms with Gasteiger partial charge >= 0.3 is 0 Å². The van der Waals surface area contributed by atoms with E-state index in [9.17, 15) is 0 Å². The van der Waals surface area contributed by atoms with Crippen molar-refractivity contribution in [3.8, 4) is 0 Å². The Kier molecular flexibility index (Phi) is 15.7. The lowest BCUT2D eigenvalue weighted by Gasteiger charge is -2.20. The molecule has 26 heavy (non-hydrogen) atoms. The van der Waals surface area contributed by atoms with Gasteiger partial charge in [-0.1, -0.05) is 30.3 Å². The molecular weight excluding hydrogens is 441 g/mol. The van der Waals surface area contributed by atoms with E-state index in [-0.39, 0.29) is 24.0 Å². The second-order valence-corrected chi connectivity index (χ2v) is 6.30. The van der Waals surface area contributed by atoms with Crippen molar-refractivity contribution in [2.45, 2.75) is 13.0 Å². The lowest BCUT2D eigenvalue weighted by Crippen LogP contribution is -2.43. The van der Waals surface area contributed by atoms with E-state index in [1.807, 2.05) is 7.05 Å². The zero-order valence-electron chi connectivity index (χ0n) is 16.7. The summed E-state index contributed by atoms with van der Waals surface area (Å²) in [7, 11) is 7.83. The molecule has 0 bridgehead atoms. The Morgan fingerprint density at radius 1 is 1.00 bits per heavy atom. The lowest BCUT2D eigenvalue weighted by atomic mass is 10.2. The van der Waals surface area contributed by atoms with Crippen LogP contribution in [-0.4, -0.2) is 83.3 Å². The summed E-state index contributed by atoms with van der Waals surface area (Å²) in [6.45, 7) is 6.52. The standard InChI is InChI=1S/C19H35N5O.HI/c1-20-19(21-11-14-23(2)13-8-16-25-4)22-12-15-24(3)17-18-9-6-5-7-10-18;/h5-7,9-10H,8,11-17H2,1-4H3,(H2,20,21,22);1H. The fraction of sp³-hybridized carbons (Fsp3) is 0.632. The summed E-state index contributed by atoms with van der Waals surface area (Å²) in [5.41, 5.74) is 1.34. The Morgan fingerprint density at radius 2 is 1.62 bits per heavy atom. The van der Waals surface area contributed by atoms with E-state index in [2.05, 4.69) is 69.9 Å². The maximum atomic E-state index is 5.08. The third-order valence-corrected chi connectivity index (χ3v) is 3.98. The van der Waals surface area contributed by atoms with Gasteiger partial charge in [0.25, 0.3) is 0 Å². The minimum Gasteiger partial charge on any atom is -0.385 e. The number of methoxy groups -OCH3 is 1. The number of rotatable bonds is 12. The number of nitrogens with zero attached hydrogens (tertiary/aromatic N) is 3. The number of ether oxygens (including phenoxy) is 1. The number of benzene rings is 1. The number of halogens is 1. The molecule has 0 saturated carbocycles. The molecule has 0 aromatic heterocycles. The number of likely N-dealkylation sites (N-methyl/N-ethyl adjacent to an activating group) is 2. The second-order valence-electron chi connectivity index (χ2n) is 6.30. The first-order valence-corrected chi connectivity index (χ1v) is 9.00. The molecule has 150 valence electrons. The van der Waals surface area contributed by atoms with E-state index >= 15 is 0 Å². The van der Waals surface area contributed by atoms with Gasteiger partial charge in [0, 0.05) is 60.0 Å². The monoisotopic (exact) mass is 477 g/mol. The zero-order valence-corrected chi connectivity index (χ0v) is 19.0. The SMILES string of the molecule is CN=C(NCCN(C)CCCOC)NCCN(C)Cc1ccccc1.I. The normalized spacial score (nSPS) is 11.5. The molecule has 0 amide bonds. The van der Waals surface area contributed by atoms with Crippen LogP contribution in [0.3, 0.4) is 0 Å². The Morgan fingerprint density at radius 3 is 2.19 bits per heavy atom. The fourth-order valence-electron chi connectivity index (χ4n) is 2.52. The summed E-state index contributed by atoms with van der Waals surface area (Å²) in [4.78, 5) is 8.88. The van der Waals surface area contributed by atoms with E-state index in [1.54, 1.807) is 7.11 Å². The van der Waals surface area contributed by atoms with Crippen molar-refractivity contribution < 1.29 is 4.74 Å². The maximum absolute atomic E-state index is 5.08. The summed E-state index contributed by atoms with van der Waals surface area (Å²) in [6.07, 6.45) is 1.06. The van der Waals surface area contributed by atoms with Crippen molar-refractivity contribution in [2.24, 2.45) is 4.99 Å². The Balaban J connectivity index is 0.00000625. The van der Waals surface area contributed by atoms with Crippen molar-refractivity contribution in [3.05, 3.63) is 35.9 Å². The molecule has 1 aromatic carbocycles. The topological polar surface area (TPSA) is 52.1 Å². The lowest BCUT2D eigenvalue weighted by molar-refractivity contribution is 0.180. The van der Waals surface area contributed by atoms with Crippen LogP contribution in [0.1, 0.15) is 12.0 Å². The van der Waals surface area contributed by atoms with Gasteiger partial charge < -0.3 is 25.2 Å². The highest BCUT2D eigenvalue weighted by molar-refractivity contribution is 14.0. The molecule has 0 radical (unpaired) electrons. The summed E-state index contributed by atoms with van der Waals surface area (Å²) in [5.74, 6) is 0.860. The van der Waals surface area contributed by atoms with Crippen LogP contribution in [0.2, 0.25) is 0 Å². The molecule has 7 heteroatoms. The molecule has 1 aromatic rings. The molecule has 1 rings (SSSR count). The highest BCUT2D eigenvalue weighted by atomic mass is 127. The molecule has 0 heterocycles. The number of guanidine groups is 1. The van der Waals surface area contributed by atoms with Crippen molar-refractivity contribution in [1.82, 2.24) is 20.4 Å². The van der Waals surface area contributed by atoms with Gasteiger partial charge in [-0.15, -0.1) is 24.0 Å². The molecular formula is C19H36IN5O. The van der Waals surface area contributed by atoms with Crippen LogP contribution >= 0.6 is 24.0 Å². The van der Waals surface area contributed by atoms with Crippen LogP contribution in [-0.2, 0) is 11.3 Å². The van der Waals surface area contributed by atoms with E-state index in [0.29, 0.717) is 0 Å². The van der Waals surface area contributed by atoms with Gasteiger partial charge in [0.2, 0.25) is 0 Å². The number of hydrogen-bond donors (Lipinski definition) is 2. The van der Waals surface area contributed by atoms with Crippen molar-refractivity contribution in [2.75, 3.05) is 67.6 Å². The fourth-order valence-corrected chi connectivity index (χ4v) is 2.52.